The van der Waals surface area contributed by atoms with Crippen LogP contribution in [0.5, 0.6) is 0 Å². The van der Waals surface area contributed by atoms with Crippen LogP contribution in [0.3, 0.4) is 0 Å². The normalized spacial score (nSPS) is 15.8. The molecule has 1 saturated heterocycles. The fourth-order valence-electron chi connectivity index (χ4n) is 2.89. The minimum Gasteiger partial charge on any atom is -0.354 e. The third-order valence-corrected chi connectivity index (χ3v) is 5.68. The summed E-state index contributed by atoms with van der Waals surface area (Å²) in [7, 11) is 0. The Morgan fingerprint density at radius 2 is 1.76 bits per heavy atom. The van der Waals surface area contributed by atoms with Crippen LogP contribution >= 0.6 is 24.0 Å². The van der Waals surface area contributed by atoms with Gasteiger partial charge in [-0.2, -0.15) is 0 Å². The van der Waals surface area contributed by atoms with Gasteiger partial charge in [0.15, 0.2) is 0 Å². The first-order valence-corrected chi connectivity index (χ1v) is 10.5. The lowest BCUT2D eigenvalue weighted by Crippen LogP contribution is -2.40. The van der Waals surface area contributed by atoms with Crippen LogP contribution in [0.1, 0.15) is 18.1 Å². The Morgan fingerprint density at radius 3 is 2.45 bits per heavy atom. The lowest BCUT2D eigenvalue weighted by atomic mass is 10.1. The number of carbonyl (C=O) groups is 2. The molecule has 0 unspecified atom stereocenters. The van der Waals surface area contributed by atoms with Gasteiger partial charge in [-0.3, -0.25) is 14.5 Å². The lowest BCUT2D eigenvalue weighted by molar-refractivity contribution is -0.128. The maximum atomic E-state index is 12.7. The molecule has 0 saturated carbocycles. The third kappa shape index (κ3) is 6.14. The second kappa shape index (κ2) is 10.2. The van der Waals surface area contributed by atoms with Gasteiger partial charge in [-0.25, -0.2) is 0 Å². The summed E-state index contributed by atoms with van der Waals surface area (Å²) in [6, 6.07) is 19.8. The molecule has 1 N–H and O–H groups in total. The molecule has 0 aromatic heterocycles. The summed E-state index contributed by atoms with van der Waals surface area (Å²) in [4.78, 5) is 26.8. The molecule has 4 nitrogen and oxygen atoms in total. The smallest absolute Gasteiger partial charge is 0.266 e. The number of carbonyl (C=O) groups excluding carboxylic acids is 2. The monoisotopic (exact) mass is 422 g/mol. The highest BCUT2D eigenvalue weighted by molar-refractivity contribution is 8.26. The molecular weight excluding hydrogens is 400 g/mol. The lowest BCUT2D eigenvalue weighted by Gasteiger charge is -2.14. The molecule has 0 aliphatic carbocycles. The zero-order valence-electron chi connectivity index (χ0n) is 16.1. The van der Waals surface area contributed by atoms with Crippen molar-refractivity contribution < 1.29 is 9.59 Å². The number of hydrogen-bond donors (Lipinski definition) is 1. The number of rotatable bonds is 7. The van der Waals surface area contributed by atoms with Crippen molar-refractivity contribution in [3.63, 3.8) is 0 Å². The number of nitrogens with zero attached hydrogens (tertiary/aromatic N) is 1. The van der Waals surface area contributed by atoms with Crippen molar-refractivity contribution in [2.24, 2.45) is 0 Å². The van der Waals surface area contributed by atoms with E-state index >= 15 is 0 Å². The number of allylic oxidation sites excluding steroid dienone is 2. The van der Waals surface area contributed by atoms with Crippen LogP contribution in [0.25, 0.3) is 6.08 Å². The van der Waals surface area contributed by atoms with Gasteiger partial charge in [0.25, 0.3) is 5.91 Å². The Bertz CT molecular complexity index is 953. The molecule has 0 bridgehead atoms. The summed E-state index contributed by atoms with van der Waals surface area (Å²) in [6.45, 7) is 2.40. The second-order valence-electron chi connectivity index (χ2n) is 6.65. The van der Waals surface area contributed by atoms with Gasteiger partial charge in [0, 0.05) is 6.54 Å². The first-order chi connectivity index (χ1) is 14.0. The Kier molecular flexibility index (Phi) is 7.38. The molecule has 3 rings (SSSR count). The van der Waals surface area contributed by atoms with Crippen molar-refractivity contribution in [1.29, 1.82) is 0 Å². The summed E-state index contributed by atoms with van der Waals surface area (Å²) in [5.41, 5.74) is 3.17. The molecule has 1 aliphatic rings. The van der Waals surface area contributed by atoms with E-state index in [0.717, 1.165) is 23.1 Å². The maximum absolute atomic E-state index is 12.7. The topological polar surface area (TPSA) is 49.4 Å². The predicted octanol–water partition coefficient (Wildman–Crippen LogP) is 4.19. The average molecular weight is 423 g/mol. The average Bonchev–Trinajstić information content (AvgIpc) is 2.97. The van der Waals surface area contributed by atoms with Gasteiger partial charge < -0.3 is 5.32 Å². The molecule has 1 aliphatic heterocycles. The van der Waals surface area contributed by atoms with E-state index in [0.29, 0.717) is 15.8 Å². The van der Waals surface area contributed by atoms with Crippen LogP contribution < -0.4 is 5.32 Å². The summed E-state index contributed by atoms with van der Waals surface area (Å²) < 4.78 is 0.409. The van der Waals surface area contributed by atoms with E-state index in [1.54, 1.807) is 0 Å². The standard InChI is InChI=1S/C23H22N2O2S2/c1-17(14-19-10-6-3-7-11-19)15-20-22(27)25(23(28)29-20)16-21(26)24-13-12-18-8-4-2-5-9-18/h2-11,14-15H,12-13,16H2,1H3,(H,24,26)/b17-14+,20-15-. The fourth-order valence-corrected chi connectivity index (χ4v) is 4.19. The van der Waals surface area contributed by atoms with E-state index in [2.05, 4.69) is 5.32 Å². The molecular formula is C23H22N2O2S2. The van der Waals surface area contributed by atoms with E-state index < -0.39 is 0 Å². The molecule has 2 aromatic rings. The van der Waals surface area contributed by atoms with Crippen molar-refractivity contribution >= 4 is 46.2 Å². The van der Waals surface area contributed by atoms with Crippen LogP contribution in [0.4, 0.5) is 0 Å². The minimum atomic E-state index is -0.223. The van der Waals surface area contributed by atoms with E-state index in [-0.39, 0.29) is 18.4 Å². The quantitative estimate of drug-likeness (QED) is 0.537. The number of amides is 2. The number of thiocarbonyl (C=S) groups is 1. The van der Waals surface area contributed by atoms with E-state index in [1.807, 2.05) is 79.7 Å². The Hall–Kier alpha value is -2.70. The van der Waals surface area contributed by atoms with E-state index in [4.69, 9.17) is 12.2 Å². The largest absolute Gasteiger partial charge is 0.354 e. The Morgan fingerprint density at radius 1 is 1.10 bits per heavy atom. The molecule has 2 amide bonds. The molecule has 29 heavy (non-hydrogen) atoms. The highest BCUT2D eigenvalue weighted by Crippen LogP contribution is 2.31. The van der Waals surface area contributed by atoms with Gasteiger partial charge in [-0.05, 0) is 36.1 Å². The molecule has 2 aromatic carbocycles. The molecule has 0 radical (unpaired) electrons. The summed E-state index contributed by atoms with van der Waals surface area (Å²) >= 11 is 6.54. The van der Waals surface area contributed by atoms with Gasteiger partial charge in [-0.15, -0.1) is 0 Å². The fraction of sp³-hybridized carbons (Fsp3) is 0.174. The van der Waals surface area contributed by atoms with Gasteiger partial charge in [0.05, 0.1) is 4.91 Å². The van der Waals surface area contributed by atoms with Crippen LogP contribution in [-0.4, -0.2) is 34.1 Å². The second-order valence-corrected chi connectivity index (χ2v) is 8.33. The van der Waals surface area contributed by atoms with Crippen LogP contribution in [-0.2, 0) is 16.0 Å². The van der Waals surface area contributed by atoms with Crippen molar-refractivity contribution in [2.45, 2.75) is 13.3 Å². The summed E-state index contributed by atoms with van der Waals surface area (Å²) in [6.07, 6.45) is 4.57. The highest BCUT2D eigenvalue weighted by atomic mass is 32.2. The first kappa shape index (κ1) is 21.0. The SMILES string of the molecule is CC(/C=C1\SC(=S)N(CC(=O)NCCc2ccccc2)C1=O)=C\c1ccccc1. The molecule has 1 heterocycles. The molecule has 0 atom stereocenters. The van der Waals surface area contributed by atoms with Crippen LogP contribution in [0, 0.1) is 0 Å². The zero-order valence-corrected chi connectivity index (χ0v) is 17.8. The molecule has 1 fully saturated rings. The maximum Gasteiger partial charge on any atom is 0.266 e. The van der Waals surface area contributed by atoms with Gasteiger partial charge in [-0.1, -0.05) is 90.7 Å². The number of hydrogen-bond acceptors (Lipinski definition) is 4. The van der Waals surface area contributed by atoms with Gasteiger partial charge in [0.1, 0.15) is 10.9 Å². The number of benzene rings is 2. The molecule has 6 heteroatoms. The summed E-state index contributed by atoms with van der Waals surface area (Å²) in [5.74, 6) is -0.436. The molecule has 0 spiro atoms. The van der Waals surface area contributed by atoms with Crippen molar-refractivity contribution in [2.75, 3.05) is 13.1 Å². The third-order valence-electron chi connectivity index (χ3n) is 4.31. The van der Waals surface area contributed by atoms with Crippen LogP contribution in [0.2, 0.25) is 0 Å². The van der Waals surface area contributed by atoms with Crippen molar-refractivity contribution in [3.05, 3.63) is 88.3 Å². The number of thioether (sulfide) groups is 1. The van der Waals surface area contributed by atoms with Crippen molar-refractivity contribution in [1.82, 2.24) is 10.2 Å². The summed E-state index contributed by atoms with van der Waals surface area (Å²) in [5, 5.41) is 2.85. The van der Waals surface area contributed by atoms with Crippen LogP contribution in [0.15, 0.2) is 77.2 Å². The predicted molar refractivity (Wildman–Crippen MR) is 123 cm³/mol. The van der Waals surface area contributed by atoms with E-state index in [9.17, 15) is 9.59 Å². The van der Waals surface area contributed by atoms with Crippen molar-refractivity contribution in [3.8, 4) is 0 Å². The Labute approximate surface area is 180 Å². The van der Waals surface area contributed by atoms with E-state index in [1.165, 1.54) is 16.7 Å². The highest BCUT2D eigenvalue weighted by Gasteiger charge is 2.33. The first-order valence-electron chi connectivity index (χ1n) is 9.32. The van der Waals surface area contributed by atoms with Gasteiger partial charge in [0.2, 0.25) is 5.91 Å². The molecule has 148 valence electrons. The van der Waals surface area contributed by atoms with Gasteiger partial charge >= 0.3 is 0 Å². The minimum absolute atomic E-state index is 0.0573. The Balaban J connectivity index is 1.55. The number of nitrogens with one attached hydrogen (secondary N) is 1. The zero-order chi connectivity index (χ0) is 20.6.